The van der Waals surface area contributed by atoms with E-state index in [1.54, 1.807) is 0 Å². The molecule has 2 saturated carbocycles. The van der Waals surface area contributed by atoms with Crippen LogP contribution in [0.15, 0.2) is 15.7 Å². The fourth-order valence-corrected chi connectivity index (χ4v) is 2.89. The maximum absolute atomic E-state index is 11.6. The van der Waals surface area contributed by atoms with Crippen LogP contribution >= 0.6 is 11.6 Å². The number of hydrogen-bond acceptors (Lipinski definition) is 2. The molecule has 2 aliphatic rings. The van der Waals surface area contributed by atoms with E-state index in [0.717, 1.165) is 24.7 Å². The van der Waals surface area contributed by atoms with Gasteiger partial charge in [-0.3, -0.25) is 14.3 Å². The average molecular weight is 227 g/mol. The Hall–Kier alpha value is -1.03. The molecule has 2 unspecified atom stereocenters. The minimum atomic E-state index is -0.376. The van der Waals surface area contributed by atoms with E-state index < -0.39 is 0 Å². The summed E-state index contributed by atoms with van der Waals surface area (Å²) in [7, 11) is 0. The fraction of sp³-hybridized carbons (Fsp3) is 0.600. The molecule has 2 fully saturated rings. The normalized spacial score (nSPS) is 32.7. The SMILES string of the molecule is O=c1cc(Cl)[nH]c(=O)n1C1CC2CC2C1. The van der Waals surface area contributed by atoms with Crippen molar-refractivity contribution in [3.05, 3.63) is 32.1 Å². The Morgan fingerprint density at radius 1 is 1.27 bits per heavy atom. The van der Waals surface area contributed by atoms with Crippen LogP contribution in [0.3, 0.4) is 0 Å². The number of nitrogens with one attached hydrogen (secondary N) is 1. The number of nitrogens with zero attached hydrogens (tertiary/aromatic N) is 1. The van der Waals surface area contributed by atoms with Crippen molar-refractivity contribution >= 4 is 11.6 Å². The highest BCUT2D eigenvalue weighted by molar-refractivity contribution is 6.29. The number of rotatable bonds is 1. The van der Waals surface area contributed by atoms with E-state index in [1.165, 1.54) is 17.1 Å². The van der Waals surface area contributed by atoms with E-state index >= 15 is 0 Å². The fourth-order valence-electron chi connectivity index (χ4n) is 2.72. The Labute approximate surface area is 90.9 Å². The van der Waals surface area contributed by atoms with Crippen LogP contribution in [0, 0.1) is 11.8 Å². The van der Waals surface area contributed by atoms with Crippen LogP contribution in [0.4, 0.5) is 0 Å². The van der Waals surface area contributed by atoms with E-state index in [0.29, 0.717) is 0 Å². The minimum Gasteiger partial charge on any atom is -0.298 e. The van der Waals surface area contributed by atoms with Gasteiger partial charge in [-0.05, 0) is 31.1 Å². The van der Waals surface area contributed by atoms with Crippen LogP contribution in [0.1, 0.15) is 25.3 Å². The van der Waals surface area contributed by atoms with Gasteiger partial charge in [-0.1, -0.05) is 11.6 Å². The molecule has 2 aliphatic carbocycles. The first-order valence-corrected chi connectivity index (χ1v) is 5.54. The third-order valence-corrected chi connectivity index (χ3v) is 3.72. The molecule has 0 spiro atoms. The van der Waals surface area contributed by atoms with Crippen LogP contribution in [0.5, 0.6) is 0 Å². The molecular formula is C10H11ClN2O2. The smallest absolute Gasteiger partial charge is 0.298 e. The summed E-state index contributed by atoms with van der Waals surface area (Å²) in [5.41, 5.74) is -0.658. The topological polar surface area (TPSA) is 54.9 Å². The van der Waals surface area contributed by atoms with Crippen molar-refractivity contribution in [3.8, 4) is 0 Å². The second kappa shape index (κ2) is 2.98. The molecule has 1 aromatic rings. The zero-order valence-electron chi connectivity index (χ0n) is 8.07. The molecule has 5 heteroatoms. The predicted molar refractivity (Wildman–Crippen MR) is 56.2 cm³/mol. The maximum Gasteiger partial charge on any atom is 0.329 e. The molecule has 1 N–H and O–H groups in total. The molecule has 1 aromatic heterocycles. The second-order valence-electron chi connectivity index (χ2n) is 4.51. The van der Waals surface area contributed by atoms with Gasteiger partial charge in [0.1, 0.15) is 5.15 Å². The molecule has 80 valence electrons. The summed E-state index contributed by atoms with van der Waals surface area (Å²) < 4.78 is 1.32. The van der Waals surface area contributed by atoms with Gasteiger partial charge in [0.2, 0.25) is 0 Å². The summed E-state index contributed by atoms with van der Waals surface area (Å²) >= 11 is 5.60. The summed E-state index contributed by atoms with van der Waals surface area (Å²) in [5.74, 6) is 1.49. The molecular weight excluding hydrogens is 216 g/mol. The molecule has 0 aliphatic heterocycles. The van der Waals surface area contributed by atoms with E-state index in [4.69, 9.17) is 11.6 Å². The molecule has 4 nitrogen and oxygen atoms in total. The summed E-state index contributed by atoms with van der Waals surface area (Å²) in [6.07, 6.45) is 3.21. The van der Waals surface area contributed by atoms with Crippen LogP contribution < -0.4 is 11.2 Å². The Morgan fingerprint density at radius 2 is 1.93 bits per heavy atom. The number of fused-ring (bicyclic) bond motifs is 1. The molecule has 15 heavy (non-hydrogen) atoms. The van der Waals surface area contributed by atoms with Gasteiger partial charge in [0, 0.05) is 12.1 Å². The van der Waals surface area contributed by atoms with Crippen LogP contribution in [-0.4, -0.2) is 9.55 Å². The van der Waals surface area contributed by atoms with Gasteiger partial charge in [0.05, 0.1) is 0 Å². The molecule has 0 bridgehead atoms. The zero-order chi connectivity index (χ0) is 10.6. The lowest BCUT2D eigenvalue weighted by Gasteiger charge is -2.13. The third-order valence-electron chi connectivity index (χ3n) is 3.52. The Morgan fingerprint density at radius 3 is 2.53 bits per heavy atom. The minimum absolute atomic E-state index is 0.0854. The van der Waals surface area contributed by atoms with E-state index in [9.17, 15) is 9.59 Å². The van der Waals surface area contributed by atoms with Crippen LogP contribution in [-0.2, 0) is 0 Å². The quantitative estimate of drug-likeness (QED) is 0.731. The zero-order valence-corrected chi connectivity index (χ0v) is 8.83. The summed E-state index contributed by atoms with van der Waals surface area (Å²) in [5, 5.41) is 0.115. The lowest BCUT2D eigenvalue weighted by molar-refractivity contribution is 0.437. The molecule has 0 saturated heterocycles. The molecule has 3 rings (SSSR count). The predicted octanol–water partition coefficient (Wildman–Crippen LogP) is 1.16. The van der Waals surface area contributed by atoms with Gasteiger partial charge in [-0.25, -0.2) is 4.79 Å². The Bertz CT molecular complexity index is 478. The summed E-state index contributed by atoms with van der Waals surface area (Å²) in [4.78, 5) is 25.7. The maximum atomic E-state index is 11.6. The number of aromatic amines is 1. The first kappa shape index (κ1) is 9.21. The summed E-state index contributed by atoms with van der Waals surface area (Å²) in [6, 6.07) is 1.36. The lowest BCUT2D eigenvalue weighted by atomic mass is 10.1. The van der Waals surface area contributed by atoms with Crippen molar-refractivity contribution in [1.82, 2.24) is 9.55 Å². The van der Waals surface area contributed by atoms with Crippen molar-refractivity contribution in [2.75, 3.05) is 0 Å². The molecule has 0 radical (unpaired) electrons. The van der Waals surface area contributed by atoms with E-state index in [-0.39, 0.29) is 22.4 Å². The Balaban J connectivity index is 2.04. The Kier molecular flexibility index (Phi) is 1.83. The molecule has 0 amide bonds. The number of aromatic nitrogens is 2. The van der Waals surface area contributed by atoms with Crippen molar-refractivity contribution < 1.29 is 0 Å². The highest BCUT2D eigenvalue weighted by Crippen LogP contribution is 2.55. The van der Waals surface area contributed by atoms with Gasteiger partial charge < -0.3 is 0 Å². The first-order chi connectivity index (χ1) is 7.15. The van der Waals surface area contributed by atoms with Crippen LogP contribution in [0.25, 0.3) is 0 Å². The number of halogens is 1. The van der Waals surface area contributed by atoms with Crippen LogP contribution in [0.2, 0.25) is 5.15 Å². The highest BCUT2D eigenvalue weighted by atomic mass is 35.5. The first-order valence-electron chi connectivity index (χ1n) is 5.16. The average Bonchev–Trinajstić information content (AvgIpc) is 2.72. The van der Waals surface area contributed by atoms with E-state index in [2.05, 4.69) is 4.98 Å². The van der Waals surface area contributed by atoms with Crippen molar-refractivity contribution in [2.45, 2.75) is 25.3 Å². The van der Waals surface area contributed by atoms with Gasteiger partial charge >= 0.3 is 5.69 Å². The van der Waals surface area contributed by atoms with Gasteiger partial charge in [0.25, 0.3) is 5.56 Å². The largest absolute Gasteiger partial charge is 0.329 e. The molecule has 0 aromatic carbocycles. The van der Waals surface area contributed by atoms with Gasteiger partial charge in [0.15, 0.2) is 0 Å². The second-order valence-corrected chi connectivity index (χ2v) is 4.92. The van der Waals surface area contributed by atoms with E-state index in [1.807, 2.05) is 0 Å². The van der Waals surface area contributed by atoms with Crippen molar-refractivity contribution in [1.29, 1.82) is 0 Å². The monoisotopic (exact) mass is 226 g/mol. The van der Waals surface area contributed by atoms with Gasteiger partial charge in [-0.2, -0.15) is 0 Å². The molecule has 1 heterocycles. The standard InChI is InChI=1S/C10H11ClN2O2/c11-8-4-9(14)13(10(15)12-8)7-2-5-1-6(5)3-7/h4-7H,1-3H2,(H,12,15). The third kappa shape index (κ3) is 1.44. The number of hydrogen-bond donors (Lipinski definition) is 1. The van der Waals surface area contributed by atoms with Gasteiger partial charge in [-0.15, -0.1) is 0 Å². The van der Waals surface area contributed by atoms with Crippen molar-refractivity contribution in [3.63, 3.8) is 0 Å². The summed E-state index contributed by atoms with van der Waals surface area (Å²) in [6.45, 7) is 0. The highest BCUT2D eigenvalue weighted by Gasteiger charge is 2.47. The number of H-pyrrole nitrogens is 1. The van der Waals surface area contributed by atoms with Crippen molar-refractivity contribution in [2.24, 2.45) is 11.8 Å². The molecule has 2 atom stereocenters. The lowest BCUT2D eigenvalue weighted by Crippen LogP contribution is -2.37.